The highest BCUT2D eigenvalue weighted by Gasteiger charge is 2.09. The summed E-state index contributed by atoms with van der Waals surface area (Å²) >= 11 is 4.76. The maximum absolute atomic E-state index is 12.9. The third kappa shape index (κ3) is 4.62. The van der Waals surface area contributed by atoms with Gasteiger partial charge in [-0.25, -0.2) is 9.37 Å². The highest BCUT2D eigenvalue weighted by molar-refractivity contribution is 9.10. The molecule has 0 atom stereocenters. The number of carbonyl (C=O) groups excluding carboxylic acids is 1. The summed E-state index contributed by atoms with van der Waals surface area (Å²) < 4.78 is 13.8. The Bertz CT molecular complexity index is 851. The summed E-state index contributed by atoms with van der Waals surface area (Å²) in [4.78, 5) is 16.4. The number of halogens is 2. The lowest BCUT2D eigenvalue weighted by Gasteiger charge is -2.04. The summed E-state index contributed by atoms with van der Waals surface area (Å²) in [5.74, 6) is -0.420. The monoisotopic (exact) mass is 405 g/mol. The molecule has 2 N–H and O–H groups in total. The summed E-state index contributed by atoms with van der Waals surface area (Å²) in [7, 11) is 0. The Kier molecular flexibility index (Phi) is 5.22. The van der Waals surface area contributed by atoms with Crippen LogP contribution in [-0.2, 0) is 11.2 Å². The van der Waals surface area contributed by atoms with Crippen molar-refractivity contribution in [1.82, 2.24) is 4.98 Å². The predicted molar refractivity (Wildman–Crippen MR) is 98.3 cm³/mol. The van der Waals surface area contributed by atoms with E-state index in [0.717, 1.165) is 15.8 Å². The van der Waals surface area contributed by atoms with Gasteiger partial charge in [-0.1, -0.05) is 22.0 Å². The van der Waals surface area contributed by atoms with Crippen LogP contribution in [0.4, 0.5) is 20.9 Å². The van der Waals surface area contributed by atoms with Gasteiger partial charge in [-0.3, -0.25) is 4.79 Å². The SMILES string of the molecule is O=C(Cc1csc(Nc2ccc(F)cc2)n1)Nc1cccc(Br)c1. The lowest BCUT2D eigenvalue weighted by molar-refractivity contribution is -0.115. The number of carbonyl (C=O) groups is 1. The number of nitrogens with zero attached hydrogens (tertiary/aromatic N) is 1. The van der Waals surface area contributed by atoms with Gasteiger partial charge in [0.15, 0.2) is 5.13 Å². The van der Waals surface area contributed by atoms with Crippen LogP contribution in [0.5, 0.6) is 0 Å². The second-order valence-corrected chi connectivity index (χ2v) is 6.78. The van der Waals surface area contributed by atoms with Crippen LogP contribution < -0.4 is 10.6 Å². The van der Waals surface area contributed by atoms with Crippen molar-refractivity contribution in [3.05, 3.63) is 69.9 Å². The minimum absolute atomic E-state index is 0.133. The molecule has 1 amide bonds. The minimum atomic E-state index is -0.287. The van der Waals surface area contributed by atoms with Crippen molar-refractivity contribution >= 4 is 49.7 Å². The lowest BCUT2D eigenvalue weighted by atomic mass is 10.3. The molecule has 1 heterocycles. The van der Waals surface area contributed by atoms with Crippen LogP contribution in [-0.4, -0.2) is 10.9 Å². The van der Waals surface area contributed by atoms with E-state index in [4.69, 9.17) is 0 Å². The number of hydrogen-bond donors (Lipinski definition) is 2. The third-order valence-electron chi connectivity index (χ3n) is 3.10. The first kappa shape index (κ1) is 16.6. The Balaban J connectivity index is 1.59. The van der Waals surface area contributed by atoms with Crippen LogP contribution in [0.3, 0.4) is 0 Å². The van der Waals surface area contributed by atoms with E-state index >= 15 is 0 Å². The average Bonchev–Trinajstić information content (AvgIpc) is 2.96. The minimum Gasteiger partial charge on any atom is -0.332 e. The molecule has 2 aromatic carbocycles. The molecule has 7 heteroatoms. The van der Waals surface area contributed by atoms with Crippen molar-refractivity contribution < 1.29 is 9.18 Å². The summed E-state index contributed by atoms with van der Waals surface area (Å²) in [6.07, 6.45) is 0.189. The Morgan fingerprint density at radius 1 is 1.17 bits per heavy atom. The Hall–Kier alpha value is -2.25. The number of hydrogen-bond acceptors (Lipinski definition) is 4. The summed E-state index contributed by atoms with van der Waals surface area (Å²) in [5, 5.41) is 8.40. The predicted octanol–water partition coefficient (Wildman–Crippen LogP) is 4.97. The van der Waals surface area contributed by atoms with E-state index in [1.807, 2.05) is 29.6 Å². The molecule has 0 radical (unpaired) electrons. The van der Waals surface area contributed by atoms with Gasteiger partial charge in [0.25, 0.3) is 0 Å². The fourth-order valence-corrected chi connectivity index (χ4v) is 3.17. The number of anilines is 3. The number of nitrogens with one attached hydrogen (secondary N) is 2. The molecular formula is C17H13BrFN3OS. The van der Waals surface area contributed by atoms with Crippen molar-refractivity contribution in [3.8, 4) is 0 Å². The van der Waals surface area contributed by atoms with Crippen LogP contribution in [0.2, 0.25) is 0 Å². The molecule has 0 saturated carbocycles. The first-order valence-electron chi connectivity index (χ1n) is 7.11. The van der Waals surface area contributed by atoms with Gasteiger partial charge in [0.2, 0.25) is 5.91 Å². The van der Waals surface area contributed by atoms with Crippen molar-refractivity contribution in [2.45, 2.75) is 6.42 Å². The molecule has 24 heavy (non-hydrogen) atoms. The molecule has 0 aliphatic carbocycles. The fraction of sp³-hybridized carbons (Fsp3) is 0.0588. The first-order valence-corrected chi connectivity index (χ1v) is 8.78. The van der Waals surface area contributed by atoms with Crippen molar-refractivity contribution in [3.63, 3.8) is 0 Å². The van der Waals surface area contributed by atoms with E-state index in [1.165, 1.54) is 23.5 Å². The zero-order valence-corrected chi connectivity index (χ0v) is 14.8. The van der Waals surface area contributed by atoms with Gasteiger partial charge in [-0.05, 0) is 42.5 Å². The van der Waals surface area contributed by atoms with E-state index in [9.17, 15) is 9.18 Å². The van der Waals surface area contributed by atoms with Crippen molar-refractivity contribution in [1.29, 1.82) is 0 Å². The molecule has 0 aliphatic rings. The molecular weight excluding hydrogens is 393 g/mol. The zero-order chi connectivity index (χ0) is 16.9. The molecule has 4 nitrogen and oxygen atoms in total. The number of benzene rings is 2. The largest absolute Gasteiger partial charge is 0.332 e. The van der Waals surface area contributed by atoms with Gasteiger partial charge < -0.3 is 10.6 Å². The highest BCUT2D eigenvalue weighted by Crippen LogP contribution is 2.22. The highest BCUT2D eigenvalue weighted by atomic mass is 79.9. The van der Waals surface area contributed by atoms with Crippen molar-refractivity contribution in [2.75, 3.05) is 10.6 Å². The Morgan fingerprint density at radius 2 is 1.96 bits per heavy atom. The molecule has 0 aliphatic heterocycles. The van der Waals surface area contributed by atoms with Crippen LogP contribution in [0.1, 0.15) is 5.69 Å². The van der Waals surface area contributed by atoms with E-state index < -0.39 is 0 Å². The van der Waals surface area contributed by atoms with Crippen LogP contribution >= 0.6 is 27.3 Å². The lowest BCUT2D eigenvalue weighted by Crippen LogP contribution is -2.14. The fourth-order valence-electron chi connectivity index (χ4n) is 2.04. The van der Waals surface area contributed by atoms with Crippen LogP contribution in [0.15, 0.2) is 58.4 Å². The maximum atomic E-state index is 12.9. The Labute approximate surface area is 150 Å². The molecule has 122 valence electrons. The molecule has 0 saturated heterocycles. The van der Waals surface area contributed by atoms with Gasteiger partial charge in [-0.15, -0.1) is 11.3 Å². The molecule has 0 fully saturated rings. The standard InChI is InChI=1S/C17H13BrFN3OS/c18-11-2-1-3-14(8-11)20-16(23)9-15-10-24-17(22-15)21-13-6-4-12(19)5-7-13/h1-8,10H,9H2,(H,20,23)(H,21,22). The summed E-state index contributed by atoms with van der Waals surface area (Å²) in [5.41, 5.74) is 2.15. The molecule has 3 rings (SSSR count). The van der Waals surface area contributed by atoms with Gasteiger partial charge in [0, 0.05) is 21.2 Å². The second kappa shape index (κ2) is 7.55. The number of amides is 1. The maximum Gasteiger partial charge on any atom is 0.230 e. The van der Waals surface area contributed by atoms with Crippen molar-refractivity contribution in [2.24, 2.45) is 0 Å². The molecule has 0 spiro atoms. The average molecular weight is 406 g/mol. The topological polar surface area (TPSA) is 54.0 Å². The second-order valence-electron chi connectivity index (χ2n) is 5.01. The molecule has 3 aromatic rings. The normalized spacial score (nSPS) is 10.4. The number of rotatable bonds is 5. The van der Waals surface area contributed by atoms with E-state index in [2.05, 4.69) is 31.5 Å². The number of thiazole rings is 1. The molecule has 1 aromatic heterocycles. The number of aromatic nitrogens is 1. The molecule has 0 bridgehead atoms. The van der Waals surface area contributed by atoms with E-state index in [1.54, 1.807) is 12.1 Å². The quantitative estimate of drug-likeness (QED) is 0.629. The van der Waals surface area contributed by atoms with Crippen LogP contribution in [0.25, 0.3) is 0 Å². The molecule has 0 unspecified atom stereocenters. The van der Waals surface area contributed by atoms with Gasteiger partial charge in [0.05, 0.1) is 12.1 Å². The first-order chi connectivity index (χ1) is 11.6. The van der Waals surface area contributed by atoms with Gasteiger partial charge in [-0.2, -0.15) is 0 Å². The third-order valence-corrected chi connectivity index (χ3v) is 4.40. The smallest absolute Gasteiger partial charge is 0.230 e. The van der Waals surface area contributed by atoms with E-state index in [0.29, 0.717) is 10.8 Å². The zero-order valence-electron chi connectivity index (χ0n) is 12.4. The summed E-state index contributed by atoms with van der Waals surface area (Å²) in [6.45, 7) is 0. The van der Waals surface area contributed by atoms with E-state index in [-0.39, 0.29) is 18.1 Å². The Morgan fingerprint density at radius 3 is 2.71 bits per heavy atom. The summed E-state index contributed by atoms with van der Waals surface area (Å²) in [6, 6.07) is 13.4. The van der Waals surface area contributed by atoms with Gasteiger partial charge in [0.1, 0.15) is 5.82 Å². The van der Waals surface area contributed by atoms with Gasteiger partial charge >= 0.3 is 0 Å². The van der Waals surface area contributed by atoms with Crippen LogP contribution in [0, 0.1) is 5.82 Å².